The molecule has 0 unspecified atom stereocenters. The minimum Gasteiger partial charge on any atom is -0.507 e. The zero-order chi connectivity index (χ0) is 13.2. The van der Waals surface area contributed by atoms with Crippen LogP contribution in [0.3, 0.4) is 0 Å². The summed E-state index contributed by atoms with van der Waals surface area (Å²) in [6.45, 7) is 1.43. The Morgan fingerprint density at radius 2 is 2.06 bits per heavy atom. The van der Waals surface area contributed by atoms with E-state index in [-0.39, 0.29) is 17.5 Å². The first-order valence-electron chi connectivity index (χ1n) is 4.70. The van der Waals surface area contributed by atoms with Crippen LogP contribution >= 0.6 is 0 Å². The van der Waals surface area contributed by atoms with E-state index in [9.17, 15) is 18.7 Å². The van der Waals surface area contributed by atoms with Gasteiger partial charge < -0.3 is 15.9 Å². The summed E-state index contributed by atoms with van der Waals surface area (Å²) in [5.41, 5.74) is 4.46. The molecule has 0 radical (unpaired) electrons. The first kappa shape index (κ1) is 13.1. The highest BCUT2D eigenvalue weighted by molar-refractivity contribution is 5.92. The summed E-state index contributed by atoms with van der Waals surface area (Å²) >= 11 is 0. The van der Waals surface area contributed by atoms with Gasteiger partial charge in [-0.2, -0.15) is 0 Å². The van der Waals surface area contributed by atoms with E-state index in [1.807, 2.05) is 0 Å². The molecule has 0 fully saturated rings. The number of carboxylic acid groups (broad SMARTS) is 1. The first-order valence-corrected chi connectivity index (χ1v) is 4.70. The lowest BCUT2D eigenvalue weighted by Crippen LogP contribution is -2.18. The van der Waals surface area contributed by atoms with E-state index in [1.165, 1.54) is 6.92 Å². The van der Waals surface area contributed by atoms with Gasteiger partial charge in [0.2, 0.25) is 0 Å². The SMILES string of the molecule is C[C@@H](N)/C(=C/F)c1cc(C(=O)O)c(O)cc1F. The van der Waals surface area contributed by atoms with E-state index in [4.69, 9.17) is 10.8 Å². The van der Waals surface area contributed by atoms with Gasteiger partial charge in [0, 0.05) is 23.2 Å². The molecule has 0 saturated heterocycles. The highest BCUT2D eigenvalue weighted by Crippen LogP contribution is 2.27. The molecule has 0 spiro atoms. The molecular weight excluding hydrogens is 232 g/mol. The van der Waals surface area contributed by atoms with E-state index in [0.29, 0.717) is 6.07 Å². The molecule has 4 N–H and O–H groups in total. The van der Waals surface area contributed by atoms with Crippen LogP contribution in [0.15, 0.2) is 18.5 Å². The van der Waals surface area contributed by atoms with Gasteiger partial charge in [0.15, 0.2) is 0 Å². The maximum Gasteiger partial charge on any atom is 0.339 e. The van der Waals surface area contributed by atoms with Gasteiger partial charge in [-0.05, 0) is 13.0 Å². The van der Waals surface area contributed by atoms with Gasteiger partial charge in [0.05, 0.1) is 6.33 Å². The van der Waals surface area contributed by atoms with Crippen molar-refractivity contribution in [3.05, 3.63) is 35.4 Å². The molecule has 4 nitrogen and oxygen atoms in total. The third-order valence-corrected chi connectivity index (χ3v) is 2.23. The number of aromatic hydroxyl groups is 1. The van der Waals surface area contributed by atoms with Crippen LogP contribution in [0.1, 0.15) is 22.8 Å². The van der Waals surface area contributed by atoms with Crippen LogP contribution in [0, 0.1) is 5.82 Å². The van der Waals surface area contributed by atoms with Crippen molar-refractivity contribution in [2.75, 3.05) is 0 Å². The first-order chi connectivity index (χ1) is 7.88. The second kappa shape index (κ2) is 4.92. The Balaban J connectivity index is 3.44. The smallest absolute Gasteiger partial charge is 0.339 e. The van der Waals surface area contributed by atoms with Crippen molar-refractivity contribution in [1.29, 1.82) is 0 Å². The Kier molecular flexibility index (Phi) is 3.80. The van der Waals surface area contributed by atoms with Gasteiger partial charge in [0.1, 0.15) is 17.1 Å². The van der Waals surface area contributed by atoms with Gasteiger partial charge in [-0.15, -0.1) is 0 Å². The van der Waals surface area contributed by atoms with Gasteiger partial charge in [0.25, 0.3) is 0 Å². The summed E-state index contributed by atoms with van der Waals surface area (Å²) in [7, 11) is 0. The third kappa shape index (κ3) is 2.59. The minimum absolute atomic E-state index is 0.117. The number of carbonyl (C=O) groups is 1. The molecule has 0 aliphatic rings. The molecule has 1 atom stereocenters. The molecule has 0 saturated carbocycles. The van der Waals surface area contributed by atoms with E-state index in [1.54, 1.807) is 0 Å². The Bertz CT molecular complexity index is 484. The Morgan fingerprint density at radius 1 is 1.47 bits per heavy atom. The number of carboxylic acids is 1. The number of rotatable bonds is 3. The van der Waals surface area contributed by atoms with Crippen LogP contribution < -0.4 is 5.73 Å². The second-order valence-electron chi connectivity index (χ2n) is 3.51. The van der Waals surface area contributed by atoms with Crippen LogP contribution in [0.4, 0.5) is 8.78 Å². The molecule has 1 aromatic carbocycles. The number of benzene rings is 1. The maximum absolute atomic E-state index is 13.5. The Hall–Kier alpha value is -1.95. The van der Waals surface area contributed by atoms with Crippen LogP contribution in [0.25, 0.3) is 5.57 Å². The molecular formula is C11H11F2NO3. The molecule has 17 heavy (non-hydrogen) atoms. The highest BCUT2D eigenvalue weighted by atomic mass is 19.1. The van der Waals surface area contributed by atoms with Crippen molar-refractivity contribution in [1.82, 2.24) is 0 Å². The van der Waals surface area contributed by atoms with Crippen molar-refractivity contribution < 1.29 is 23.8 Å². The van der Waals surface area contributed by atoms with Gasteiger partial charge >= 0.3 is 5.97 Å². The predicted octanol–water partition coefficient (Wildman–Crippen LogP) is 1.89. The van der Waals surface area contributed by atoms with E-state index < -0.39 is 29.1 Å². The molecule has 0 aliphatic carbocycles. The summed E-state index contributed by atoms with van der Waals surface area (Å²) in [5.74, 6) is -3.10. The van der Waals surface area contributed by atoms with Crippen LogP contribution in [0.5, 0.6) is 5.75 Å². The molecule has 0 amide bonds. The summed E-state index contributed by atoms with van der Waals surface area (Å²) in [5, 5.41) is 18.0. The number of aromatic carboxylic acids is 1. The number of phenols is 1. The Morgan fingerprint density at radius 3 is 2.47 bits per heavy atom. The number of hydrogen-bond donors (Lipinski definition) is 3. The van der Waals surface area contributed by atoms with Crippen molar-refractivity contribution in [3.63, 3.8) is 0 Å². The summed E-state index contributed by atoms with van der Waals surface area (Å²) < 4.78 is 26.1. The summed E-state index contributed by atoms with van der Waals surface area (Å²) in [6, 6.07) is 0.660. The number of halogens is 2. The fourth-order valence-electron chi connectivity index (χ4n) is 1.36. The lowest BCUT2D eigenvalue weighted by molar-refractivity contribution is 0.0693. The van der Waals surface area contributed by atoms with Crippen LogP contribution in [-0.2, 0) is 0 Å². The quantitative estimate of drug-likeness (QED) is 0.756. The largest absolute Gasteiger partial charge is 0.507 e. The van der Waals surface area contributed by atoms with Crippen LogP contribution in [-0.4, -0.2) is 22.2 Å². The maximum atomic E-state index is 13.5. The Labute approximate surface area is 96.0 Å². The molecule has 0 aromatic heterocycles. The molecule has 1 aromatic rings. The molecule has 0 bridgehead atoms. The van der Waals surface area contributed by atoms with Gasteiger partial charge in [-0.3, -0.25) is 0 Å². The standard InChI is InChI=1S/C11H11F2NO3/c1-5(14)8(4-12)6-2-7(11(16)17)10(15)3-9(6)13/h2-5,15H,14H2,1H3,(H,16,17)/b8-4-/t5-/m1/s1. The zero-order valence-electron chi connectivity index (χ0n) is 8.95. The average Bonchev–Trinajstić information content (AvgIpc) is 2.21. The summed E-state index contributed by atoms with van der Waals surface area (Å²) in [4.78, 5) is 10.7. The molecule has 1 rings (SSSR count). The molecule has 0 heterocycles. The lowest BCUT2D eigenvalue weighted by atomic mass is 9.98. The fourth-order valence-corrected chi connectivity index (χ4v) is 1.36. The van der Waals surface area contributed by atoms with Gasteiger partial charge in [-0.1, -0.05) is 0 Å². The monoisotopic (exact) mass is 243 g/mol. The van der Waals surface area contributed by atoms with E-state index in [0.717, 1.165) is 6.07 Å². The number of hydrogen-bond acceptors (Lipinski definition) is 3. The third-order valence-electron chi connectivity index (χ3n) is 2.23. The topological polar surface area (TPSA) is 83.6 Å². The van der Waals surface area contributed by atoms with Crippen molar-refractivity contribution >= 4 is 11.5 Å². The lowest BCUT2D eigenvalue weighted by Gasteiger charge is -2.12. The van der Waals surface area contributed by atoms with Crippen molar-refractivity contribution in [2.24, 2.45) is 5.73 Å². The van der Waals surface area contributed by atoms with Crippen LogP contribution in [0.2, 0.25) is 0 Å². The average molecular weight is 243 g/mol. The van der Waals surface area contributed by atoms with Crippen molar-refractivity contribution in [2.45, 2.75) is 13.0 Å². The predicted molar refractivity (Wildman–Crippen MR) is 57.8 cm³/mol. The van der Waals surface area contributed by atoms with E-state index >= 15 is 0 Å². The molecule has 0 aliphatic heterocycles. The van der Waals surface area contributed by atoms with E-state index in [2.05, 4.69) is 0 Å². The van der Waals surface area contributed by atoms with Crippen molar-refractivity contribution in [3.8, 4) is 5.75 Å². The molecule has 6 heteroatoms. The minimum atomic E-state index is -1.44. The highest BCUT2D eigenvalue weighted by Gasteiger charge is 2.18. The second-order valence-corrected chi connectivity index (χ2v) is 3.51. The normalized spacial score (nSPS) is 13.5. The fraction of sp³-hybridized carbons (Fsp3) is 0.182. The summed E-state index contributed by atoms with van der Waals surface area (Å²) in [6.07, 6.45) is 0.117. The molecule has 92 valence electrons. The number of nitrogens with two attached hydrogens (primary N) is 1. The van der Waals surface area contributed by atoms with Gasteiger partial charge in [-0.25, -0.2) is 13.6 Å². The zero-order valence-corrected chi connectivity index (χ0v) is 8.95.